The first-order chi connectivity index (χ1) is 32.1. The number of benzene rings is 1. The summed E-state index contributed by atoms with van der Waals surface area (Å²) < 4.78 is 19.0. The van der Waals surface area contributed by atoms with Gasteiger partial charge in [0.15, 0.2) is 5.78 Å². The number of nitrogens with zero attached hydrogens (tertiary/aromatic N) is 2. The van der Waals surface area contributed by atoms with Gasteiger partial charge < -0.3 is 36.4 Å². The summed E-state index contributed by atoms with van der Waals surface area (Å²) in [6, 6.07) is 6.24. The van der Waals surface area contributed by atoms with Gasteiger partial charge in [-0.2, -0.15) is 0 Å². The molecule has 3 rings (SSSR count). The smallest absolute Gasteiger partial charge is 0.315 e. The molecule has 2 fully saturated rings. The van der Waals surface area contributed by atoms with Gasteiger partial charge in [-0.1, -0.05) is 132 Å². The molecule has 5 N–H and O–H groups in total. The molecule has 0 radical (unpaired) electrons. The lowest BCUT2D eigenvalue weighted by molar-refractivity contribution is -0.141. The predicted molar refractivity (Wildman–Crippen MR) is 274 cm³/mol. The molecule has 2 aliphatic rings. The van der Waals surface area contributed by atoms with Crippen LogP contribution in [-0.4, -0.2) is 117 Å². The third kappa shape index (κ3) is 35.9. The SMILES string of the molecule is C=C.CC.CC.CC.CC(=O)C(CC1CC1)NC(=O)C1CCCN1C(=O)C(NC(=O)NC(C)C)C(C)C.CCC.CCCCN(C)C(=O)C(NC(=O)CCNC=O)c1ccccc1.CF.CF. The highest BCUT2D eigenvalue weighted by molar-refractivity contribution is 5.94. The predicted octanol–water partition coefficient (Wildman–Crippen LogP) is 9.29. The molecule has 7 amide bonds. The molecule has 1 aromatic rings. The molecule has 0 spiro atoms. The van der Waals surface area contributed by atoms with Crippen LogP contribution in [0.5, 0.6) is 0 Å². The molecular formula is C51H97F2N7O7. The Balaban J connectivity index is -0.000000219. The molecule has 16 heteroatoms. The summed E-state index contributed by atoms with van der Waals surface area (Å²) in [6.45, 7) is 34.6. The van der Waals surface area contributed by atoms with Crippen molar-refractivity contribution in [2.24, 2.45) is 11.8 Å². The van der Waals surface area contributed by atoms with Crippen LogP contribution in [0.1, 0.15) is 166 Å². The molecular weight excluding hydrogens is 861 g/mol. The number of hydrogen-bond acceptors (Lipinski definition) is 7. The lowest BCUT2D eigenvalue weighted by atomic mass is 10.0. The van der Waals surface area contributed by atoms with Crippen molar-refractivity contribution in [3.63, 3.8) is 0 Å². The van der Waals surface area contributed by atoms with Crippen LogP contribution in [0.4, 0.5) is 13.6 Å². The van der Waals surface area contributed by atoms with Crippen LogP contribution in [0.3, 0.4) is 0 Å². The maximum atomic E-state index is 13.2. The Kier molecular flexibility index (Phi) is 55.6. The van der Waals surface area contributed by atoms with Crippen LogP contribution in [0.25, 0.3) is 0 Å². The van der Waals surface area contributed by atoms with Crippen LogP contribution in [0.15, 0.2) is 43.5 Å². The van der Waals surface area contributed by atoms with E-state index in [0.717, 1.165) is 37.7 Å². The summed E-state index contributed by atoms with van der Waals surface area (Å²) in [6.07, 6.45) is 8.02. The van der Waals surface area contributed by atoms with Gasteiger partial charge in [0.2, 0.25) is 30.0 Å². The zero-order valence-electron chi connectivity index (χ0n) is 44.9. The highest BCUT2D eigenvalue weighted by Crippen LogP contribution is 2.34. The minimum absolute atomic E-state index is 0.0433. The fourth-order valence-corrected chi connectivity index (χ4v) is 5.86. The van der Waals surface area contributed by atoms with E-state index in [1.54, 1.807) is 16.8 Å². The van der Waals surface area contributed by atoms with Gasteiger partial charge in [0.1, 0.15) is 18.1 Å². The number of likely N-dealkylation sites (N-methyl/N-ethyl adjacent to an activating group) is 1. The molecule has 1 aliphatic heterocycles. The van der Waals surface area contributed by atoms with E-state index in [-0.39, 0.29) is 54.3 Å². The first-order valence-corrected chi connectivity index (χ1v) is 24.3. The first-order valence-electron chi connectivity index (χ1n) is 24.3. The number of carbonyl (C=O) groups is 7. The monoisotopic (exact) mass is 958 g/mol. The number of halogens is 2. The number of Topliss-reactive ketones (excluding diaryl/α,β-unsaturated/α-hetero) is 1. The van der Waals surface area contributed by atoms with Crippen LogP contribution < -0.4 is 26.6 Å². The molecule has 0 aromatic heterocycles. The van der Waals surface area contributed by atoms with E-state index >= 15 is 0 Å². The van der Waals surface area contributed by atoms with E-state index in [9.17, 15) is 42.3 Å². The van der Waals surface area contributed by atoms with Crippen molar-refractivity contribution in [3.05, 3.63) is 49.1 Å². The molecule has 1 saturated carbocycles. The summed E-state index contributed by atoms with van der Waals surface area (Å²) in [4.78, 5) is 88.2. The first kappa shape index (κ1) is 73.7. The maximum Gasteiger partial charge on any atom is 0.315 e. The maximum absolute atomic E-state index is 13.2. The number of nitrogens with one attached hydrogen (secondary N) is 5. The largest absolute Gasteiger partial charge is 0.358 e. The molecule has 1 aliphatic carbocycles. The summed E-state index contributed by atoms with van der Waals surface area (Å²) in [7, 11) is 2.74. The average Bonchev–Trinajstić information content (AvgIpc) is 4.03. The summed E-state index contributed by atoms with van der Waals surface area (Å²) in [5.41, 5.74) is 0.748. The molecule has 392 valence electrons. The standard InChI is InChI=1S/C21H36N4O4.C17H25N3O3.C3H8.3C2H6.C2H4.2CH3F/c1-12(2)18(24-21(29)22-13(3)4)20(28)25-10-6-7-17(25)19(27)23-16(14(5)26)11-15-8-9-15;1-3-4-12-20(2)17(23)16(14-8-6-5-7-9-14)19-15(22)10-11-18-13-21;1-3-2;6*1-2/h12-13,15-18H,6-11H2,1-5H3,(H,23,27)(H2,22,24,29);5-9,13,16H,3-4,10-12H2,1-2H3,(H,18,21)(H,19,22);3H2,1-2H3;3*1-2H3;1-2H2;2*1H3. The van der Waals surface area contributed by atoms with Gasteiger partial charge in [0.05, 0.1) is 20.4 Å². The molecule has 0 bridgehead atoms. The number of likely N-dealkylation sites (tertiary alicyclic amines) is 1. The van der Waals surface area contributed by atoms with Gasteiger partial charge in [0.25, 0.3) is 0 Å². The average molecular weight is 958 g/mol. The van der Waals surface area contributed by atoms with E-state index in [1.807, 2.05) is 99.6 Å². The van der Waals surface area contributed by atoms with Crippen molar-refractivity contribution in [2.75, 3.05) is 41.0 Å². The number of unbranched alkanes of at least 4 members (excludes halogenated alkanes) is 1. The third-order valence-electron chi connectivity index (χ3n) is 9.04. The van der Waals surface area contributed by atoms with Gasteiger partial charge >= 0.3 is 6.03 Å². The van der Waals surface area contributed by atoms with Crippen molar-refractivity contribution >= 4 is 41.9 Å². The van der Waals surface area contributed by atoms with Crippen molar-refractivity contribution in [1.29, 1.82) is 0 Å². The summed E-state index contributed by atoms with van der Waals surface area (Å²) >= 11 is 0. The van der Waals surface area contributed by atoms with E-state index in [2.05, 4.69) is 60.5 Å². The minimum Gasteiger partial charge on any atom is -0.358 e. The Morgan fingerprint density at radius 3 is 1.78 bits per heavy atom. The molecule has 1 heterocycles. The quantitative estimate of drug-likeness (QED) is 0.0520. The Bertz CT molecular complexity index is 1390. The van der Waals surface area contributed by atoms with Crippen molar-refractivity contribution in [1.82, 2.24) is 36.4 Å². The molecule has 67 heavy (non-hydrogen) atoms. The van der Waals surface area contributed by atoms with Crippen LogP contribution in [0, 0.1) is 11.8 Å². The van der Waals surface area contributed by atoms with Crippen molar-refractivity contribution < 1.29 is 42.3 Å². The number of amides is 7. The van der Waals surface area contributed by atoms with Crippen molar-refractivity contribution in [3.8, 4) is 0 Å². The fraction of sp³-hybridized carbons (Fsp3) is 0.706. The van der Waals surface area contributed by atoms with Gasteiger partial charge in [-0.05, 0) is 63.9 Å². The number of alkyl halides is 2. The highest BCUT2D eigenvalue weighted by atomic mass is 19.1. The minimum atomic E-state index is -0.711. The lowest BCUT2D eigenvalue weighted by Gasteiger charge is -2.31. The number of urea groups is 1. The Morgan fingerprint density at radius 2 is 1.34 bits per heavy atom. The molecule has 4 atom stereocenters. The normalized spacial score (nSPS) is 13.8. The highest BCUT2D eigenvalue weighted by Gasteiger charge is 2.40. The van der Waals surface area contributed by atoms with Crippen LogP contribution in [0.2, 0.25) is 0 Å². The topological polar surface area (TPSA) is 186 Å². The molecule has 14 nitrogen and oxygen atoms in total. The van der Waals surface area contributed by atoms with Gasteiger partial charge in [-0.15, -0.1) is 13.2 Å². The molecule has 4 unspecified atom stereocenters. The molecule has 1 saturated heterocycles. The Hall–Kier alpha value is -4.89. The van der Waals surface area contributed by atoms with Crippen LogP contribution >= 0.6 is 0 Å². The van der Waals surface area contributed by atoms with Gasteiger partial charge in [-0.3, -0.25) is 37.5 Å². The van der Waals surface area contributed by atoms with Gasteiger partial charge in [0, 0.05) is 39.1 Å². The summed E-state index contributed by atoms with van der Waals surface area (Å²) in [5, 5.41) is 13.5. The van der Waals surface area contributed by atoms with E-state index in [1.165, 1.54) is 13.3 Å². The third-order valence-corrected chi connectivity index (χ3v) is 9.04. The van der Waals surface area contributed by atoms with Crippen molar-refractivity contribution in [2.45, 2.75) is 185 Å². The molecule has 1 aromatic carbocycles. The van der Waals surface area contributed by atoms with Crippen LogP contribution in [-0.2, 0) is 28.8 Å². The number of carbonyl (C=O) groups excluding carboxylic acids is 7. The van der Waals surface area contributed by atoms with E-state index < -0.39 is 30.2 Å². The second kappa shape index (κ2) is 50.5. The zero-order chi connectivity index (χ0) is 53.5. The number of ketones is 1. The van der Waals surface area contributed by atoms with Gasteiger partial charge in [-0.25, -0.2) is 4.79 Å². The fourth-order valence-electron chi connectivity index (χ4n) is 5.86. The van der Waals surface area contributed by atoms with E-state index in [0.29, 0.717) is 52.6 Å². The second-order valence-corrected chi connectivity index (χ2v) is 15.1. The Morgan fingerprint density at radius 1 is 0.821 bits per heavy atom. The van der Waals surface area contributed by atoms with E-state index in [4.69, 9.17) is 0 Å². The number of hydrogen-bond donors (Lipinski definition) is 5. The Labute approximate surface area is 406 Å². The zero-order valence-corrected chi connectivity index (χ0v) is 44.9. The lowest BCUT2D eigenvalue weighted by Crippen LogP contribution is -2.58. The second-order valence-electron chi connectivity index (χ2n) is 15.1. The summed E-state index contributed by atoms with van der Waals surface area (Å²) in [5.74, 6) is -0.590. The number of rotatable bonds is 19.